The molecule has 1 aliphatic heterocycles. The average molecular weight is 335 g/mol. The van der Waals surface area contributed by atoms with Crippen LogP contribution in [0.25, 0.3) is 5.69 Å². The van der Waals surface area contributed by atoms with Crippen LogP contribution >= 0.6 is 11.6 Å². The van der Waals surface area contributed by atoms with Crippen molar-refractivity contribution in [2.24, 2.45) is 0 Å². The number of para-hydroxylation sites is 1. The van der Waals surface area contributed by atoms with Crippen molar-refractivity contribution < 1.29 is 9.53 Å². The number of benzene rings is 1. The summed E-state index contributed by atoms with van der Waals surface area (Å²) < 4.78 is 7.35. The van der Waals surface area contributed by atoms with Crippen molar-refractivity contribution in [1.29, 1.82) is 0 Å². The van der Waals surface area contributed by atoms with Gasteiger partial charge >= 0.3 is 0 Å². The number of hydrogen-bond acceptors (Lipinski definition) is 4. The second kappa shape index (κ2) is 5.94. The van der Waals surface area contributed by atoms with E-state index in [0.29, 0.717) is 29.5 Å². The molecule has 6 nitrogen and oxygen atoms in total. The Hall–Kier alpha value is -1.92. The molecule has 1 aromatic carbocycles. The molecule has 1 saturated heterocycles. The number of hydrogen-bond donors (Lipinski definition) is 0. The predicted molar refractivity (Wildman–Crippen MR) is 86.9 cm³/mol. The number of rotatable bonds is 2. The smallest absolute Gasteiger partial charge is 0.276 e. The average Bonchev–Trinajstić information content (AvgIpc) is 2.94. The minimum Gasteiger partial charge on any atom is -0.369 e. The Morgan fingerprint density at radius 2 is 2.13 bits per heavy atom. The number of morpholine rings is 1. The van der Waals surface area contributed by atoms with Crippen LogP contribution in [0.2, 0.25) is 5.02 Å². The highest BCUT2D eigenvalue weighted by atomic mass is 35.5. The van der Waals surface area contributed by atoms with Crippen LogP contribution in [0, 0.1) is 0 Å². The third-order valence-corrected chi connectivity index (χ3v) is 3.99. The van der Waals surface area contributed by atoms with Gasteiger partial charge in [-0.25, -0.2) is 4.68 Å². The van der Waals surface area contributed by atoms with E-state index in [-0.39, 0.29) is 17.6 Å². The summed E-state index contributed by atoms with van der Waals surface area (Å²) in [6.45, 7) is 6.98. The van der Waals surface area contributed by atoms with Crippen LogP contribution in [0.5, 0.6) is 0 Å². The summed E-state index contributed by atoms with van der Waals surface area (Å²) in [6.07, 6.45) is 1.60. The number of nitrogens with zero attached hydrogens (tertiary/aromatic N) is 4. The van der Waals surface area contributed by atoms with E-state index in [1.807, 2.05) is 39.0 Å². The lowest BCUT2D eigenvalue weighted by molar-refractivity contribution is -0.118. The summed E-state index contributed by atoms with van der Waals surface area (Å²) >= 11 is 6.15. The molecule has 122 valence electrons. The topological polar surface area (TPSA) is 60.2 Å². The normalized spacial score (nSPS) is 20.5. The van der Waals surface area contributed by atoms with Crippen molar-refractivity contribution in [3.8, 4) is 5.69 Å². The van der Waals surface area contributed by atoms with Crippen LogP contribution in [0.15, 0.2) is 30.5 Å². The molecule has 0 aliphatic carbocycles. The van der Waals surface area contributed by atoms with Gasteiger partial charge < -0.3 is 9.64 Å². The highest BCUT2D eigenvalue weighted by Gasteiger charge is 2.34. The number of carbonyl (C=O) groups is 1. The number of amides is 1. The Morgan fingerprint density at radius 3 is 2.83 bits per heavy atom. The largest absolute Gasteiger partial charge is 0.369 e. The Morgan fingerprint density at radius 1 is 1.39 bits per heavy atom. The van der Waals surface area contributed by atoms with Gasteiger partial charge in [-0.2, -0.15) is 0 Å². The van der Waals surface area contributed by atoms with Crippen molar-refractivity contribution >= 4 is 17.5 Å². The fourth-order valence-electron chi connectivity index (χ4n) is 2.89. The van der Waals surface area contributed by atoms with Gasteiger partial charge in [-0.1, -0.05) is 28.9 Å². The molecule has 3 rings (SSSR count). The maximum absolute atomic E-state index is 12.7. The SMILES string of the molecule is CC1CN(C(=O)c2cn(-c3ccccc3Cl)nn2)CC(C)(C)O1. The number of halogens is 1. The molecule has 0 N–H and O–H groups in total. The zero-order valence-electron chi connectivity index (χ0n) is 13.4. The molecule has 1 amide bonds. The Labute approximate surface area is 140 Å². The third-order valence-electron chi connectivity index (χ3n) is 3.67. The zero-order valence-corrected chi connectivity index (χ0v) is 14.1. The highest BCUT2D eigenvalue weighted by molar-refractivity contribution is 6.32. The molecule has 1 aliphatic rings. The summed E-state index contributed by atoms with van der Waals surface area (Å²) in [6, 6.07) is 7.29. The van der Waals surface area contributed by atoms with Gasteiger partial charge in [0.2, 0.25) is 0 Å². The lowest BCUT2D eigenvalue weighted by Gasteiger charge is -2.41. The van der Waals surface area contributed by atoms with Crippen molar-refractivity contribution in [1.82, 2.24) is 19.9 Å². The van der Waals surface area contributed by atoms with Gasteiger partial charge in [0.25, 0.3) is 5.91 Å². The molecule has 7 heteroatoms. The first kappa shape index (κ1) is 16.0. The second-order valence-electron chi connectivity index (χ2n) is 6.37. The minimum absolute atomic E-state index is 0.0127. The molecule has 0 spiro atoms. The molecule has 0 bridgehead atoms. The fourth-order valence-corrected chi connectivity index (χ4v) is 3.11. The van der Waals surface area contributed by atoms with Crippen molar-refractivity contribution in [2.45, 2.75) is 32.5 Å². The summed E-state index contributed by atoms with van der Waals surface area (Å²) in [7, 11) is 0. The van der Waals surface area contributed by atoms with Crippen LogP contribution in [0.1, 0.15) is 31.3 Å². The molecule has 1 fully saturated rings. The zero-order chi connectivity index (χ0) is 16.6. The lowest BCUT2D eigenvalue weighted by atomic mass is 10.1. The Balaban J connectivity index is 1.83. The predicted octanol–water partition coefficient (Wildman–Crippen LogP) is 2.56. The molecule has 1 aromatic heterocycles. The molecule has 0 saturated carbocycles. The minimum atomic E-state index is -0.369. The molecule has 23 heavy (non-hydrogen) atoms. The van der Waals surface area contributed by atoms with E-state index in [2.05, 4.69) is 10.3 Å². The Kier molecular flexibility index (Phi) is 4.12. The molecule has 2 heterocycles. The molecule has 2 aromatic rings. The van der Waals surface area contributed by atoms with E-state index in [1.54, 1.807) is 17.2 Å². The van der Waals surface area contributed by atoms with Crippen LogP contribution in [0.4, 0.5) is 0 Å². The van der Waals surface area contributed by atoms with Gasteiger partial charge in [-0.3, -0.25) is 4.79 Å². The number of carbonyl (C=O) groups excluding carboxylic acids is 1. The second-order valence-corrected chi connectivity index (χ2v) is 6.78. The third kappa shape index (κ3) is 3.38. The van der Waals surface area contributed by atoms with Crippen LogP contribution < -0.4 is 0 Å². The quantitative estimate of drug-likeness (QED) is 0.847. The van der Waals surface area contributed by atoms with E-state index >= 15 is 0 Å². The van der Waals surface area contributed by atoms with Crippen LogP contribution in [0.3, 0.4) is 0 Å². The van der Waals surface area contributed by atoms with Gasteiger partial charge in [-0.15, -0.1) is 5.10 Å². The monoisotopic (exact) mass is 334 g/mol. The first-order valence-electron chi connectivity index (χ1n) is 7.50. The lowest BCUT2D eigenvalue weighted by Crippen LogP contribution is -2.53. The Bertz CT molecular complexity index is 728. The van der Waals surface area contributed by atoms with Crippen LogP contribution in [-0.4, -0.2) is 50.6 Å². The highest BCUT2D eigenvalue weighted by Crippen LogP contribution is 2.23. The molecular weight excluding hydrogens is 316 g/mol. The van der Waals surface area contributed by atoms with Gasteiger partial charge in [0.15, 0.2) is 5.69 Å². The molecule has 0 radical (unpaired) electrons. The molecule has 1 unspecified atom stereocenters. The van der Waals surface area contributed by atoms with Crippen molar-refractivity contribution in [3.05, 3.63) is 41.2 Å². The fraction of sp³-hybridized carbons (Fsp3) is 0.438. The van der Waals surface area contributed by atoms with E-state index in [0.717, 1.165) is 0 Å². The van der Waals surface area contributed by atoms with Crippen molar-refractivity contribution in [2.75, 3.05) is 13.1 Å². The maximum atomic E-state index is 12.7. The first-order valence-corrected chi connectivity index (χ1v) is 7.88. The molecular formula is C16H19ClN4O2. The first-order chi connectivity index (χ1) is 10.9. The summed E-state index contributed by atoms with van der Waals surface area (Å²) in [5, 5.41) is 8.58. The van der Waals surface area contributed by atoms with E-state index < -0.39 is 0 Å². The number of aromatic nitrogens is 3. The van der Waals surface area contributed by atoms with Gasteiger partial charge in [0.1, 0.15) is 0 Å². The van der Waals surface area contributed by atoms with E-state index in [9.17, 15) is 4.79 Å². The summed E-state index contributed by atoms with van der Waals surface area (Å²) in [4.78, 5) is 14.4. The summed E-state index contributed by atoms with van der Waals surface area (Å²) in [5.41, 5.74) is 0.623. The van der Waals surface area contributed by atoms with E-state index in [1.165, 1.54) is 4.68 Å². The van der Waals surface area contributed by atoms with E-state index in [4.69, 9.17) is 16.3 Å². The van der Waals surface area contributed by atoms with Crippen LogP contribution in [-0.2, 0) is 4.74 Å². The number of ether oxygens (including phenoxy) is 1. The summed E-state index contributed by atoms with van der Waals surface area (Å²) in [5.74, 6) is -0.147. The standard InChI is InChI=1S/C16H19ClN4O2/c1-11-8-20(10-16(2,3)23-11)15(22)13-9-21(19-18-13)14-7-5-4-6-12(14)17/h4-7,9,11H,8,10H2,1-3H3. The van der Waals surface area contributed by atoms with Crippen molar-refractivity contribution in [3.63, 3.8) is 0 Å². The molecule has 1 atom stereocenters. The van der Waals surface area contributed by atoms with Gasteiger partial charge in [0.05, 0.1) is 28.6 Å². The van der Waals surface area contributed by atoms with Gasteiger partial charge in [0, 0.05) is 13.1 Å². The maximum Gasteiger partial charge on any atom is 0.276 e. The van der Waals surface area contributed by atoms with Gasteiger partial charge in [-0.05, 0) is 32.9 Å².